The number of morpholine rings is 1. The van der Waals surface area contributed by atoms with Crippen LogP contribution in [0.25, 0.3) is 0 Å². The van der Waals surface area contributed by atoms with Crippen molar-refractivity contribution in [3.8, 4) is 6.07 Å². The van der Waals surface area contributed by atoms with E-state index >= 15 is 0 Å². The van der Waals surface area contributed by atoms with Gasteiger partial charge in [0.1, 0.15) is 0 Å². The lowest BCUT2D eigenvalue weighted by Crippen LogP contribution is -2.44. The lowest BCUT2D eigenvalue weighted by atomic mass is 10.2. The fourth-order valence-corrected chi connectivity index (χ4v) is 4.63. The molecule has 0 radical (unpaired) electrons. The van der Waals surface area contributed by atoms with Gasteiger partial charge < -0.3 is 4.74 Å². The average Bonchev–Trinajstić information content (AvgIpc) is 3.12. The average molecular weight is 324 g/mol. The van der Waals surface area contributed by atoms with E-state index in [-0.39, 0.29) is 11.9 Å². The zero-order chi connectivity index (χ0) is 15.8. The molecule has 2 aliphatic rings. The molecule has 0 amide bonds. The molecule has 0 N–H and O–H groups in total. The molecular weight excluding hydrogens is 304 g/mol. The number of hydrogen-bond acceptors (Lipinski definition) is 5. The molecule has 0 bridgehead atoms. The molecule has 1 atom stereocenters. The number of nitrogens with zero attached hydrogens (tertiary/aromatic N) is 4. The summed E-state index contributed by atoms with van der Waals surface area (Å²) in [5.74, 6) is -0.0720. The highest BCUT2D eigenvalue weighted by Gasteiger charge is 2.48. The van der Waals surface area contributed by atoms with E-state index in [4.69, 9.17) is 10.00 Å². The summed E-state index contributed by atoms with van der Waals surface area (Å²) in [6, 6.07) is 2.15. The molecule has 1 aliphatic heterocycles. The number of rotatable bonds is 5. The van der Waals surface area contributed by atoms with Crippen molar-refractivity contribution in [2.45, 2.75) is 32.4 Å². The van der Waals surface area contributed by atoms with Crippen molar-refractivity contribution in [2.75, 3.05) is 25.4 Å². The molecule has 0 unspecified atom stereocenters. The summed E-state index contributed by atoms with van der Waals surface area (Å²) in [5.41, 5.74) is 0.239. The minimum atomic E-state index is -3.43. The number of aromatic nitrogens is 2. The molecule has 22 heavy (non-hydrogen) atoms. The van der Waals surface area contributed by atoms with Gasteiger partial charge in [-0.25, -0.2) is 8.42 Å². The van der Waals surface area contributed by atoms with Gasteiger partial charge in [0.05, 0.1) is 36.1 Å². The van der Waals surface area contributed by atoms with Crippen LogP contribution >= 0.6 is 0 Å². The maximum atomic E-state index is 12.5. The lowest BCUT2D eigenvalue weighted by Gasteiger charge is -2.32. The van der Waals surface area contributed by atoms with Crippen molar-refractivity contribution in [1.29, 1.82) is 5.26 Å². The highest BCUT2D eigenvalue weighted by molar-refractivity contribution is 7.89. The largest absolute Gasteiger partial charge is 0.371 e. The zero-order valence-corrected chi connectivity index (χ0v) is 13.4. The highest BCUT2D eigenvalue weighted by atomic mass is 32.2. The van der Waals surface area contributed by atoms with Gasteiger partial charge in [-0.05, 0) is 19.8 Å². The van der Waals surface area contributed by atoms with E-state index in [9.17, 15) is 8.42 Å². The summed E-state index contributed by atoms with van der Waals surface area (Å²) >= 11 is 0. The molecule has 120 valence electrons. The van der Waals surface area contributed by atoms with Crippen LogP contribution in [0.3, 0.4) is 0 Å². The van der Waals surface area contributed by atoms with Crippen LogP contribution in [-0.4, -0.2) is 48.0 Å². The third-order valence-electron chi connectivity index (χ3n) is 4.32. The molecule has 3 rings (SSSR count). The van der Waals surface area contributed by atoms with Gasteiger partial charge in [-0.2, -0.15) is 14.7 Å². The van der Waals surface area contributed by atoms with Crippen molar-refractivity contribution in [3.05, 3.63) is 18.0 Å². The molecule has 1 aromatic rings. The Hall–Kier alpha value is -1.43. The van der Waals surface area contributed by atoms with Crippen LogP contribution in [-0.2, 0) is 21.3 Å². The van der Waals surface area contributed by atoms with Crippen molar-refractivity contribution < 1.29 is 13.2 Å². The summed E-state index contributed by atoms with van der Waals surface area (Å²) in [4.78, 5) is 0. The van der Waals surface area contributed by atoms with Crippen molar-refractivity contribution in [3.63, 3.8) is 0 Å². The predicted molar refractivity (Wildman–Crippen MR) is 79.2 cm³/mol. The summed E-state index contributed by atoms with van der Waals surface area (Å²) in [6.45, 7) is 3.76. The van der Waals surface area contributed by atoms with Gasteiger partial charge in [-0.1, -0.05) is 0 Å². The summed E-state index contributed by atoms with van der Waals surface area (Å²) in [5, 5.41) is 13.3. The standard InChI is InChI=1S/C14H20N4O3S/c1-2-17-8-12(7-16-17)13-9-18(5-6-21-13)22(19,20)11-14(10-15)3-4-14/h7-8,13H,2-6,9,11H2,1H3/t13-/m0/s1. The molecule has 1 aromatic heterocycles. The molecule has 0 spiro atoms. The van der Waals surface area contributed by atoms with E-state index < -0.39 is 15.4 Å². The summed E-state index contributed by atoms with van der Waals surface area (Å²) < 4.78 is 34.0. The Balaban J connectivity index is 1.71. The monoisotopic (exact) mass is 324 g/mol. The van der Waals surface area contributed by atoms with Crippen LogP contribution < -0.4 is 0 Å². The van der Waals surface area contributed by atoms with E-state index in [1.165, 1.54) is 4.31 Å². The van der Waals surface area contributed by atoms with Gasteiger partial charge in [0.15, 0.2) is 0 Å². The SMILES string of the molecule is CCn1cc([C@@H]2CN(S(=O)(=O)CC3(C#N)CC3)CCO2)cn1. The van der Waals surface area contributed by atoms with Crippen molar-refractivity contribution >= 4 is 10.0 Å². The van der Waals surface area contributed by atoms with Crippen LogP contribution in [0, 0.1) is 16.7 Å². The number of nitriles is 1. The quantitative estimate of drug-likeness (QED) is 0.803. The van der Waals surface area contributed by atoms with Gasteiger partial charge in [0, 0.05) is 31.4 Å². The number of sulfonamides is 1. The molecule has 2 fully saturated rings. The van der Waals surface area contributed by atoms with Crippen LogP contribution in [0.2, 0.25) is 0 Å². The van der Waals surface area contributed by atoms with Crippen molar-refractivity contribution in [1.82, 2.24) is 14.1 Å². The maximum Gasteiger partial charge on any atom is 0.215 e. The number of hydrogen-bond donors (Lipinski definition) is 0. The predicted octanol–water partition coefficient (Wildman–Crippen LogP) is 0.910. The lowest BCUT2D eigenvalue weighted by molar-refractivity contribution is -0.00267. The first kappa shape index (κ1) is 15.5. The first-order valence-corrected chi connectivity index (χ1v) is 9.12. The van der Waals surface area contributed by atoms with E-state index in [1.807, 2.05) is 13.1 Å². The molecule has 1 saturated carbocycles. The van der Waals surface area contributed by atoms with E-state index in [1.54, 1.807) is 10.9 Å². The number of aryl methyl sites for hydroxylation is 1. The van der Waals surface area contributed by atoms with Gasteiger partial charge in [-0.3, -0.25) is 4.68 Å². The van der Waals surface area contributed by atoms with Crippen LogP contribution in [0.4, 0.5) is 0 Å². The Morgan fingerprint density at radius 3 is 2.91 bits per heavy atom. The third kappa shape index (κ3) is 3.02. The number of ether oxygens (including phenoxy) is 1. The van der Waals surface area contributed by atoms with Crippen molar-refractivity contribution in [2.24, 2.45) is 5.41 Å². The second-order valence-electron chi connectivity index (χ2n) is 6.00. The first-order chi connectivity index (χ1) is 10.5. The minimum absolute atomic E-state index is 0.0720. The van der Waals surface area contributed by atoms with Crippen LogP contribution in [0.15, 0.2) is 12.4 Å². The molecule has 7 nitrogen and oxygen atoms in total. The second-order valence-corrected chi connectivity index (χ2v) is 7.96. The smallest absolute Gasteiger partial charge is 0.215 e. The highest BCUT2D eigenvalue weighted by Crippen LogP contribution is 2.46. The third-order valence-corrected chi connectivity index (χ3v) is 6.36. The van der Waals surface area contributed by atoms with Gasteiger partial charge in [0.2, 0.25) is 10.0 Å². The normalized spacial score (nSPS) is 24.8. The topological polar surface area (TPSA) is 88.2 Å². The second kappa shape index (κ2) is 5.65. The Labute approximate surface area is 130 Å². The molecular formula is C14H20N4O3S. The minimum Gasteiger partial charge on any atom is -0.371 e. The fraction of sp³-hybridized carbons (Fsp3) is 0.714. The Morgan fingerprint density at radius 1 is 1.55 bits per heavy atom. The zero-order valence-electron chi connectivity index (χ0n) is 12.6. The van der Waals surface area contributed by atoms with E-state index in [0.717, 1.165) is 12.1 Å². The summed E-state index contributed by atoms with van der Waals surface area (Å²) in [7, 11) is -3.43. The Bertz CT molecular complexity index is 687. The molecule has 1 aliphatic carbocycles. The van der Waals surface area contributed by atoms with Gasteiger partial charge >= 0.3 is 0 Å². The molecule has 1 saturated heterocycles. The molecule has 8 heteroatoms. The maximum absolute atomic E-state index is 12.5. The Kier molecular flexibility index (Phi) is 3.97. The van der Waals surface area contributed by atoms with E-state index in [0.29, 0.717) is 32.5 Å². The van der Waals surface area contributed by atoms with Gasteiger partial charge in [0.25, 0.3) is 0 Å². The molecule has 0 aromatic carbocycles. The van der Waals surface area contributed by atoms with Crippen LogP contribution in [0.1, 0.15) is 31.4 Å². The van der Waals surface area contributed by atoms with E-state index in [2.05, 4.69) is 11.2 Å². The van der Waals surface area contributed by atoms with Crippen LogP contribution in [0.5, 0.6) is 0 Å². The fourth-order valence-electron chi connectivity index (χ4n) is 2.68. The summed E-state index contributed by atoms with van der Waals surface area (Å²) in [6.07, 6.45) is 4.68. The first-order valence-electron chi connectivity index (χ1n) is 7.51. The molecule has 2 heterocycles. The Morgan fingerprint density at radius 2 is 2.32 bits per heavy atom. The van der Waals surface area contributed by atoms with Gasteiger partial charge in [-0.15, -0.1) is 0 Å².